The van der Waals surface area contributed by atoms with E-state index in [4.69, 9.17) is 4.98 Å². The Bertz CT molecular complexity index is 477. The molecule has 20 heavy (non-hydrogen) atoms. The molecule has 0 radical (unpaired) electrons. The fourth-order valence-corrected chi connectivity index (χ4v) is 4.11. The van der Waals surface area contributed by atoms with Crippen molar-refractivity contribution in [1.29, 1.82) is 0 Å². The monoisotopic (exact) mass is 295 g/mol. The molecule has 0 spiro atoms. The smallest absolute Gasteiger partial charge is 0.185 e. The summed E-state index contributed by atoms with van der Waals surface area (Å²) in [6.07, 6.45) is 6.36. The number of aliphatic hydroxyl groups is 1. The highest BCUT2D eigenvalue weighted by Crippen LogP contribution is 2.44. The van der Waals surface area contributed by atoms with Crippen molar-refractivity contribution in [1.82, 2.24) is 9.88 Å². The Labute approximate surface area is 125 Å². The first kappa shape index (κ1) is 14.3. The van der Waals surface area contributed by atoms with Gasteiger partial charge in [-0.1, -0.05) is 11.3 Å². The lowest BCUT2D eigenvalue weighted by atomic mass is 9.75. The molecule has 0 aliphatic heterocycles. The summed E-state index contributed by atoms with van der Waals surface area (Å²) >= 11 is 1.67. The van der Waals surface area contributed by atoms with Crippen LogP contribution in [0.2, 0.25) is 0 Å². The zero-order chi connectivity index (χ0) is 14.3. The van der Waals surface area contributed by atoms with Crippen LogP contribution in [0.1, 0.15) is 48.6 Å². The van der Waals surface area contributed by atoms with Crippen LogP contribution in [-0.4, -0.2) is 48.2 Å². The molecule has 5 heteroatoms. The molecule has 0 unspecified atom stereocenters. The molecule has 1 aromatic rings. The van der Waals surface area contributed by atoms with Crippen LogP contribution >= 0.6 is 11.3 Å². The van der Waals surface area contributed by atoms with E-state index >= 15 is 0 Å². The Hall–Kier alpha value is -0.650. The predicted octanol–water partition coefficient (Wildman–Crippen LogP) is 2.43. The van der Waals surface area contributed by atoms with Crippen LogP contribution in [-0.2, 0) is 6.61 Å². The number of hydrogen-bond donors (Lipinski definition) is 1. The topological polar surface area (TPSA) is 39.6 Å². The van der Waals surface area contributed by atoms with Crippen molar-refractivity contribution in [3.63, 3.8) is 0 Å². The van der Waals surface area contributed by atoms with E-state index in [9.17, 15) is 5.11 Å². The zero-order valence-corrected chi connectivity index (χ0v) is 13.5. The van der Waals surface area contributed by atoms with Gasteiger partial charge in [-0.05, 0) is 46.2 Å². The number of aliphatic hydroxyl groups excluding tert-OH is 1. The molecule has 1 N–H and O–H groups in total. The minimum atomic E-state index is 0.135. The van der Waals surface area contributed by atoms with Crippen molar-refractivity contribution < 1.29 is 5.11 Å². The van der Waals surface area contributed by atoms with Gasteiger partial charge in [-0.25, -0.2) is 4.98 Å². The molecule has 0 saturated heterocycles. The number of rotatable bonds is 6. The maximum Gasteiger partial charge on any atom is 0.185 e. The molecule has 2 aliphatic carbocycles. The van der Waals surface area contributed by atoms with E-state index in [1.165, 1.54) is 32.1 Å². The maximum atomic E-state index is 9.51. The van der Waals surface area contributed by atoms with E-state index in [1.54, 1.807) is 11.3 Å². The molecular formula is C15H25N3OS. The van der Waals surface area contributed by atoms with Gasteiger partial charge < -0.3 is 14.9 Å². The van der Waals surface area contributed by atoms with Crippen LogP contribution in [0.15, 0.2) is 0 Å². The van der Waals surface area contributed by atoms with Gasteiger partial charge in [0, 0.05) is 25.0 Å². The van der Waals surface area contributed by atoms with Gasteiger partial charge in [0.15, 0.2) is 5.13 Å². The van der Waals surface area contributed by atoms with Crippen molar-refractivity contribution in [2.45, 2.75) is 50.2 Å². The van der Waals surface area contributed by atoms with Gasteiger partial charge in [0.25, 0.3) is 0 Å². The van der Waals surface area contributed by atoms with Crippen LogP contribution in [0, 0.1) is 0 Å². The van der Waals surface area contributed by atoms with Crippen LogP contribution < -0.4 is 4.90 Å². The van der Waals surface area contributed by atoms with Gasteiger partial charge in [0.05, 0.1) is 17.2 Å². The summed E-state index contributed by atoms with van der Waals surface area (Å²) < 4.78 is 0. The third kappa shape index (κ3) is 2.47. The third-order valence-electron chi connectivity index (χ3n) is 4.91. The lowest BCUT2D eigenvalue weighted by Gasteiger charge is -2.49. The van der Waals surface area contributed by atoms with Gasteiger partial charge in [0.1, 0.15) is 0 Å². The molecule has 1 aromatic heterocycles. The molecule has 112 valence electrons. The molecule has 0 atom stereocenters. The summed E-state index contributed by atoms with van der Waals surface area (Å²) in [6, 6.07) is 0. The number of aromatic nitrogens is 1. The summed E-state index contributed by atoms with van der Waals surface area (Å²) in [7, 11) is 6.51. The van der Waals surface area contributed by atoms with E-state index in [2.05, 4.69) is 30.9 Å². The van der Waals surface area contributed by atoms with Crippen molar-refractivity contribution in [3.05, 3.63) is 10.6 Å². The number of anilines is 1. The number of nitrogens with zero attached hydrogens (tertiary/aromatic N) is 3. The highest BCUT2D eigenvalue weighted by molar-refractivity contribution is 7.15. The second-order valence-electron chi connectivity index (χ2n) is 6.57. The fourth-order valence-electron chi connectivity index (χ4n) is 3.14. The molecule has 2 saturated carbocycles. The predicted molar refractivity (Wildman–Crippen MR) is 83.6 cm³/mol. The van der Waals surface area contributed by atoms with Gasteiger partial charge >= 0.3 is 0 Å². The van der Waals surface area contributed by atoms with E-state index < -0.39 is 0 Å². The van der Waals surface area contributed by atoms with Gasteiger partial charge in [-0.2, -0.15) is 0 Å². The zero-order valence-electron chi connectivity index (χ0n) is 12.7. The molecule has 1 heterocycles. The van der Waals surface area contributed by atoms with Crippen molar-refractivity contribution in [3.8, 4) is 0 Å². The van der Waals surface area contributed by atoms with Gasteiger partial charge in [-0.15, -0.1) is 0 Å². The van der Waals surface area contributed by atoms with Crippen molar-refractivity contribution in [2.24, 2.45) is 0 Å². The summed E-state index contributed by atoms with van der Waals surface area (Å²) in [6.45, 7) is 1.17. The second kappa shape index (κ2) is 5.28. The van der Waals surface area contributed by atoms with Gasteiger partial charge in [0.2, 0.25) is 0 Å². The Kier molecular flexibility index (Phi) is 3.77. The largest absolute Gasteiger partial charge is 0.391 e. The normalized spacial score (nSPS) is 21.1. The minimum absolute atomic E-state index is 0.135. The Morgan fingerprint density at radius 2 is 2.00 bits per heavy atom. The molecule has 4 nitrogen and oxygen atoms in total. The molecular weight excluding hydrogens is 270 g/mol. The summed E-state index contributed by atoms with van der Waals surface area (Å²) in [5, 5.41) is 10.6. The first-order valence-corrected chi connectivity index (χ1v) is 8.36. The van der Waals surface area contributed by atoms with Crippen LogP contribution in [0.5, 0.6) is 0 Å². The van der Waals surface area contributed by atoms with Crippen LogP contribution in [0.25, 0.3) is 0 Å². The summed E-state index contributed by atoms with van der Waals surface area (Å²) in [5.74, 6) is 0.613. The maximum absolute atomic E-state index is 9.51. The average Bonchev–Trinajstić information content (AvgIpc) is 3.12. The highest BCUT2D eigenvalue weighted by atomic mass is 32.1. The molecule has 0 amide bonds. The molecule has 0 bridgehead atoms. The van der Waals surface area contributed by atoms with Crippen molar-refractivity contribution in [2.75, 3.05) is 32.6 Å². The quantitative estimate of drug-likeness (QED) is 0.875. The first-order valence-electron chi connectivity index (χ1n) is 7.55. The Morgan fingerprint density at radius 3 is 2.45 bits per heavy atom. The summed E-state index contributed by atoms with van der Waals surface area (Å²) in [5.41, 5.74) is 1.48. The second-order valence-corrected chi connectivity index (χ2v) is 7.63. The molecule has 2 aliphatic rings. The number of hydrogen-bond acceptors (Lipinski definition) is 5. The third-order valence-corrected chi connectivity index (χ3v) is 6.09. The fraction of sp³-hybridized carbons (Fsp3) is 0.800. The first-order chi connectivity index (χ1) is 9.55. The van der Waals surface area contributed by atoms with E-state index in [0.29, 0.717) is 11.5 Å². The number of thiazole rings is 1. The van der Waals surface area contributed by atoms with Crippen LogP contribution in [0.4, 0.5) is 5.13 Å². The average molecular weight is 295 g/mol. The lowest BCUT2D eigenvalue weighted by molar-refractivity contribution is 0.0683. The molecule has 3 rings (SSSR count). The molecule has 2 fully saturated rings. The standard InChI is InChI=1S/C15H25N3OS/c1-17(2)15(7-4-8-15)10-18(3)14-16-13(11-5-6-11)12(9-19)20-14/h11,19H,4-10H2,1-3H3. The van der Waals surface area contributed by atoms with E-state index in [1.807, 2.05) is 0 Å². The Balaban J connectivity index is 1.75. The SMILES string of the molecule is CN(CC1(N(C)C)CCC1)c1nc(C2CC2)c(CO)s1. The van der Waals surface area contributed by atoms with Crippen LogP contribution in [0.3, 0.4) is 0 Å². The Morgan fingerprint density at radius 1 is 1.30 bits per heavy atom. The number of likely N-dealkylation sites (N-methyl/N-ethyl adjacent to an activating group) is 2. The minimum Gasteiger partial charge on any atom is -0.391 e. The van der Waals surface area contributed by atoms with Crippen molar-refractivity contribution >= 4 is 16.5 Å². The molecule has 0 aromatic carbocycles. The van der Waals surface area contributed by atoms with E-state index in [0.717, 1.165) is 22.2 Å². The summed E-state index contributed by atoms with van der Waals surface area (Å²) in [4.78, 5) is 10.5. The lowest BCUT2D eigenvalue weighted by Crippen LogP contribution is -2.56. The highest BCUT2D eigenvalue weighted by Gasteiger charge is 2.40. The van der Waals surface area contributed by atoms with E-state index in [-0.39, 0.29) is 6.61 Å². The van der Waals surface area contributed by atoms with Gasteiger partial charge in [-0.3, -0.25) is 0 Å².